The van der Waals surface area contributed by atoms with Crippen LogP contribution in [0.25, 0.3) is 11.1 Å². The molecule has 0 heterocycles. The van der Waals surface area contributed by atoms with Crippen molar-refractivity contribution < 1.29 is 0 Å². The van der Waals surface area contributed by atoms with Gasteiger partial charge in [-0.15, -0.1) is 0 Å². The lowest BCUT2D eigenvalue weighted by Gasteiger charge is -2.17. The van der Waals surface area contributed by atoms with Gasteiger partial charge in [0.15, 0.2) is 0 Å². The zero-order chi connectivity index (χ0) is 13.3. The third-order valence-corrected chi connectivity index (χ3v) is 3.30. The van der Waals surface area contributed by atoms with Crippen molar-refractivity contribution in [2.75, 3.05) is 5.32 Å². The molecule has 3 nitrogen and oxygen atoms in total. The number of halogens is 1. The van der Waals surface area contributed by atoms with E-state index >= 15 is 0 Å². The van der Waals surface area contributed by atoms with Gasteiger partial charge in [0.25, 0.3) is 0 Å². The third-order valence-electron chi connectivity index (χ3n) is 3.05. The summed E-state index contributed by atoms with van der Waals surface area (Å²) in [7, 11) is 0. The summed E-state index contributed by atoms with van der Waals surface area (Å²) in [5.74, 6) is 0. The molecule has 1 unspecified atom stereocenters. The number of benzene rings is 1. The summed E-state index contributed by atoms with van der Waals surface area (Å²) in [5.41, 5.74) is 0.770. The topological polar surface area (TPSA) is 46.2 Å². The minimum absolute atomic E-state index is 0.166. The van der Waals surface area contributed by atoms with Crippen LogP contribution in [0.5, 0.6) is 0 Å². The molecule has 4 heteroatoms. The summed E-state index contributed by atoms with van der Waals surface area (Å²) in [6.07, 6.45) is 0.888. The first kappa shape index (κ1) is 12.8. The molecule has 2 aromatic rings. The number of hydrogen-bond donors (Lipinski definition) is 1. The smallest absolute Gasteiger partial charge is 0.250 e. The molecular weight excluding hydrogens is 250 g/mol. The minimum atomic E-state index is -0.430. The third kappa shape index (κ3) is 2.18. The molecule has 0 aliphatic heterocycles. The van der Waals surface area contributed by atoms with E-state index in [-0.39, 0.29) is 6.04 Å². The molecule has 0 radical (unpaired) electrons. The van der Waals surface area contributed by atoms with Crippen LogP contribution in [0.2, 0.25) is 5.02 Å². The van der Waals surface area contributed by atoms with Crippen LogP contribution in [-0.2, 0) is 0 Å². The Bertz CT molecular complexity index is 624. The van der Waals surface area contributed by atoms with Crippen molar-refractivity contribution in [1.82, 2.24) is 0 Å². The molecule has 18 heavy (non-hydrogen) atoms. The van der Waals surface area contributed by atoms with Gasteiger partial charge in [0.1, 0.15) is 0 Å². The van der Waals surface area contributed by atoms with E-state index in [1.165, 1.54) is 0 Å². The van der Waals surface area contributed by atoms with Crippen LogP contribution in [0.3, 0.4) is 0 Å². The molecule has 0 fully saturated rings. The Balaban J connectivity index is 2.40. The van der Waals surface area contributed by atoms with Gasteiger partial charge in [-0.25, -0.2) is 0 Å². The molecule has 0 amide bonds. The standard InChI is InChI=1S/C14H14ClNO2/c1-3-8(2)16-12-11(13(17)14(12)18)9-4-6-10(15)7-5-9/h4-8,16H,3H2,1-2H3. The first-order valence-corrected chi connectivity index (χ1v) is 6.28. The van der Waals surface area contributed by atoms with Crippen molar-refractivity contribution in [2.24, 2.45) is 0 Å². The highest BCUT2D eigenvalue weighted by atomic mass is 35.5. The molecular formula is C14H14ClNO2. The molecule has 0 saturated carbocycles. The van der Waals surface area contributed by atoms with Gasteiger partial charge in [0.2, 0.25) is 10.9 Å². The van der Waals surface area contributed by atoms with E-state index in [2.05, 4.69) is 5.32 Å². The molecule has 94 valence electrons. The maximum atomic E-state index is 11.6. The lowest BCUT2D eigenvalue weighted by atomic mass is 9.98. The Labute approximate surface area is 110 Å². The summed E-state index contributed by atoms with van der Waals surface area (Å²) in [4.78, 5) is 23.2. The summed E-state index contributed by atoms with van der Waals surface area (Å²) >= 11 is 5.80. The van der Waals surface area contributed by atoms with Crippen LogP contribution in [0.15, 0.2) is 33.9 Å². The lowest BCUT2D eigenvalue weighted by molar-refractivity contribution is 0.762. The van der Waals surface area contributed by atoms with Gasteiger partial charge in [-0.3, -0.25) is 9.59 Å². The van der Waals surface area contributed by atoms with Crippen LogP contribution >= 0.6 is 11.6 Å². The highest BCUT2D eigenvalue weighted by Crippen LogP contribution is 2.25. The highest BCUT2D eigenvalue weighted by molar-refractivity contribution is 6.30. The van der Waals surface area contributed by atoms with Gasteiger partial charge in [-0.05, 0) is 31.0 Å². The molecule has 0 aliphatic carbocycles. The van der Waals surface area contributed by atoms with Gasteiger partial charge in [0.05, 0.1) is 11.3 Å². The predicted octanol–water partition coefficient (Wildman–Crippen LogP) is 2.81. The van der Waals surface area contributed by atoms with Gasteiger partial charge in [-0.1, -0.05) is 30.7 Å². The lowest BCUT2D eigenvalue weighted by Crippen LogP contribution is -2.38. The van der Waals surface area contributed by atoms with E-state index in [1.54, 1.807) is 24.3 Å². The van der Waals surface area contributed by atoms with Crippen LogP contribution in [-0.4, -0.2) is 6.04 Å². The van der Waals surface area contributed by atoms with Crippen LogP contribution in [0.1, 0.15) is 20.3 Å². The molecule has 0 spiro atoms. The van der Waals surface area contributed by atoms with E-state index in [9.17, 15) is 9.59 Å². The normalized spacial score (nSPS) is 12.6. The van der Waals surface area contributed by atoms with Crippen molar-refractivity contribution in [2.45, 2.75) is 26.3 Å². The van der Waals surface area contributed by atoms with E-state index < -0.39 is 10.9 Å². The van der Waals surface area contributed by atoms with Crippen LogP contribution in [0.4, 0.5) is 5.69 Å². The van der Waals surface area contributed by atoms with Crippen molar-refractivity contribution in [3.8, 4) is 11.1 Å². The first-order chi connectivity index (χ1) is 8.54. The van der Waals surface area contributed by atoms with Crippen molar-refractivity contribution in [3.63, 3.8) is 0 Å². The monoisotopic (exact) mass is 263 g/mol. The van der Waals surface area contributed by atoms with Crippen LogP contribution < -0.4 is 16.2 Å². The van der Waals surface area contributed by atoms with E-state index in [0.29, 0.717) is 16.3 Å². The van der Waals surface area contributed by atoms with Crippen molar-refractivity contribution in [3.05, 3.63) is 49.7 Å². The second-order valence-electron chi connectivity index (χ2n) is 4.37. The Morgan fingerprint density at radius 1 is 1.17 bits per heavy atom. The van der Waals surface area contributed by atoms with Crippen LogP contribution in [0, 0.1) is 0 Å². The maximum absolute atomic E-state index is 11.6. The Morgan fingerprint density at radius 2 is 1.78 bits per heavy atom. The first-order valence-electron chi connectivity index (χ1n) is 5.90. The molecule has 0 aromatic heterocycles. The van der Waals surface area contributed by atoms with Crippen molar-refractivity contribution >= 4 is 17.3 Å². The molecule has 0 aliphatic rings. The van der Waals surface area contributed by atoms with Gasteiger partial charge >= 0.3 is 0 Å². The number of anilines is 1. The quantitative estimate of drug-likeness (QED) is 0.863. The number of nitrogens with one attached hydrogen (secondary N) is 1. The molecule has 2 rings (SSSR count). The van der Waals surface area contributed by atoms with E-state index in [0.717, 1.165) is 12.0 Å². The summed E-state index contributed by atoms with van der Waals surface area (Å²) < 4.78 is 0. The Kier molecular flexibility index (Phi) is 3.53. The summed E-state index contributed by atoms with van der Waals surface area (Å²) in [6.45, 7) is 3.99. The molecule has 0 saturated heterocycles. The van der Waals surface area contributed by atoms with Gasteiger partial charge in [-0.2, -0.15) is 0 Å². The molecule has 0 bridgehead atoms. The summed E-state index contributed by atoms with van der Waals surface area (Å²) in [5, 5.41) is 3.69. The fourth-order valence-electron chi connectivity index (χ4n) is 1.77. The number of rotatable bonds is 4. The van der Waals surface area contributed by atoms with Gasteiger partial charge < -0.3 is 5.32 Å². The second kappa shape index (κ2) is 4.94. The molecule has 1 atom stereocenters. The maximum Gasteiger partial charge on any atom is 0.250 e. The molecule has 1 N–H and O–H groups in total. The van der Waals surface area contributed by atoms with Crippen molar-refractivity contribution in [1.29, 1.82) is 0 Å². The fraction of sp³-hybridized carbons (Fsp3) is 0.286. The highest BCUT2D eigenvalue weighted by Gasteiger charge is 2.22. The van der Waals surface area contributed by atoms with E-state index in [1.807, 2.05) is 13.8 Å². The average molecular weight is 264 g/mol. The SMILES string of the molecule is CCC(C)Nc1c(-c2ccc(Cl)cc2)c(=O)c1=O. The zero-order valence-electron chi connectivity index (χ0n) is 10.3. The predicted molar refractivity (Wildman–Crippen MR) is 75.2 cm³/mol. The largest absolute Gasteiger partial charge is 0.379 e. The number of hydrogen-bond acceptors (Lipinski definition) is 3. The fourth-order valence-corrected chi connectivity index (χ4v) is 1.90. The average Bonchev–Trinajstić information content (AvgIpc) is 2.39. The van der Waals surface area contributed by atoms with E-state index in [4.69, 9.17) is 11.6 Å². The minimum Gasteiger partial charge on any atom is -0.379 e. The Hall–Kier alpha value is -1.61. The van der Waals surface area contributed by atoms with Gasteiger partial charge in [0, 0.05) is 11.1 Å². The Morgan fingerprint density at radius 3 is 2.33 bits per heavy atom. The zero-order valence-corrected chi connectivity index (χ0v) is 11.0. The second-order valence-corrected chi connectivity index (χ2v) is 4.81. The summed E-state index contributed by atoms with van der Waals surface area (Å²) in [6, 6.07) is 7.08. The molecule has 2 aromatic carbocycles.